The molecule has 1 amide bonds. The molecule has 2 heterocycles. The van der Waals surface area contributed by atoms with Gasteiger partial charge in [0.05, 0.1) is 33.0 Å². The fourth-order valence-corrected chi connectivity index (χ4v) is 4.07. The number of rotatable bonds is 9. The van der Waals surface area contributed by atoms with Gasteiger partial charge in [-0.1, -0.05) is 0 Å². The average Bonchev–Trinajstić information content (AvgIpc) is 2.71. The number of ether oxygens (including phenoxy) is 3. The van der Waals surface area contributed by atoms with Gasteiger partial charge in [-0.25, -0.2) is 20.9 Å². The minimum Gasteiger partial charge on any atom is -0.465 e. The number of alkyl halides is 3. The molecule has 2 aliphatic heterocycles. The maximum atomic E-state index is 13.5. The van der Waals surface area contributed by atoms with Crippen LogP contribution in [0.15, 0.2) is 0 Å². The van der Waals surface area contributed by atoms with Crippen LogP contribution in [-0.4, -0.2) is 114 Å². The first-order chi connectivity index (χ1) is 14.9. The topological polar surface area (TPSA) is 153 Å². The molecule has 0 aromatic carbocycles. The molecule has 2 rings (SSSR count). The fourth-order valence-electron chi connectivity index (χ4n) is 3.05. The van der Waals surface area contributed by atoms with Crippen LogP contribution in [0.4, 0.5) is 13.2 Å². The average molecular weight is 493 g/mol. The first-order valence-electron chi connectivity index (χ1n) is 9.72. The van der Waals surface area contributed by atoms with Crippen molar-refractivity contribution < 1.29 is 51.3 Å². The van der Waals surface area contributed by atoms with E-state index in [0.717, 1.165) is 0 Å². The standard InChI is InChI=1S/C15H27F3N5O8P/c1-2-31-12(24)11-23(13(25)14(16,17)18)15(32(26,27)28,19-21-3-7-29-8-4-21)20-22-5-9-30-10-6-22/h19-20H,2-11H2,1H3,(H2,26,27,28). The van der Waals surface area contributed by atoms with E-state index in [1.165, 1.54) is 16.9 Å². The van der Waals surface area contributed by atoms with Crippen LogP contribution in [-0.2, 0) is 28.4 Å². The summed E-state index contributed by atoms with van der Waals surface area (Å²) in [6, 6.07) is 0. The van der Waals surface area contributed by atoms with Gasteiger partial charge in [-0.2, -0.15) is 13.2 Å². The fraction of sp³-hybridized carbons (Fsp3) is 0.867. The number of hydrogen-bond acceptors (Lipinski definition) is 10. The molecule has 2 aliphatic rings. The Labute approximate surface area is 181 Å². The Balaban J connectivity index is 2.57. The van der Waals surface area contributed by atoms with E-state index in [4.69, 9.17) is 9.47 Å². The highest BCUT2D eigenvalue weighted by molar-refractivity contribution is 7.53. The zero-order valence-electron chi connectivity index (χ0n) is 17.3. The van der Waals surface area contributed by atoms with Gasteiger partial charge < -0.3 is 24.0 Å². The highest BCUT2D eigenvalue weighted by Crippen LogP contribution is 2.50. The number of hydrogen-bond donors (Lipinski definition) is 4. The quantitative estimate of drug-likeness (QED) is 0.166. The van der Waals surface area contributed by atoms with Gasteiger partial charge in [0.25, 0.3) is 5.53 Å². The van der Waals surface area contributed by atoms with Crippen molar-refractivity contribution in [1.29, 1.82) is 0 Å². The molecule has 0 unspecified atom stereocenters. The summed E-state index contributed by atoms with van der Waals surface area (Å²) < 4.78 is 68.2. The maximum absolute atomic E-state index is 13.5. The Kier molecular flexibility index (Phi) is 9.39. The molecule has 0 radical (unpaired) electrons. The van der Waals surface area contributed by atoms with Crippen LogP contribution in [0.3, 0.4) is 0 Å². The second-order valence-electron chi connectivity index (χ2n) is 6.83. The van der Waals surface area contributed by atoms with Gasteiger partial charge in [0, 0.05) is 26.2 Å². The Morgan fingerprint density at radius 1 is 1.03 bits per heavy atom. The van der Waals surface area contributed by atoms with Crippen LogP contribution in [0, 0.1) is 0 Å². The summed E-state index contributed by atoms with van der Waals surface area (Å²) in [6.07, 6.45) is -5.55. The molecule has 0 aromatic rings. The van der Waals surface area contributed by atoms with Crippen LogP contribution in [0.5, 0.6) is 0 Å². The predicted octanol–water partition coefficient (Wildman–Crippen LogP) is -1.60. The van der Waals surface area contributed by atoms with Gasteiger partial charge in [-0.3, -0.25) is 19.1 Å². The van der Waals surface area contributed by atoms with E-state index in [-0.39, 0.29) is 64.1 Å². The molecule has 0 aliphatic carbocycles. The molecule has 17 heteroatoms. The molecule has 0 bridgehead atoms. The summed E-state index contributed by atoms with van der Waals surface area (Å²) in [4.78, 5) is 44.7. The molecule has 32 heavy (non-hydrogen) atoms. The number of amides is 1. The van der Waals surface area contributed by atoms with E-state index in [0.29, 0.717) is 0 Å². The number of halogens is 3. The van der Waals surface area contributed by atoms with Crippen LogP contribution in [0.1, 0.15) is 6.92 Å². The zero-order chi connectivity index (χ0) is 24.0. The number of nitrogens with zero attached hydrogens (tertiary/aromatic N) is 3. The Hall–Kier alpha value is -1.36. The third kappa shape index (κ3) is 6.82. The van der Waals surface area contributed by atoms with Gasteiger partial charge in [-0.05, 0) is 6.92 Å². The Morgan fingerprint density at radius 3 is 1.81 bits per heavy atom. The molecule has 4 N–H and O–H groups in total. The van der Waals surface area contributed by atoms with Gasteiger partial charge in [0.1, 0.15) is 6.54 Å². The monoisotopic (exact) mass is 493 g/mol. The molecule has 2 fully saturated rings. The summed E-state index contributed by atoms with van der Waals surface area (Å²) >= 11 is 0. The number of esters is 1. The van der Waals surface area contributed by atoms with Crippen molar-refractivity contribution in [2.75, 3.05) is 65.8 Å². The van der Waals surface area contributed by atoms with E-state index in [9.17, 15) is 37.1 Å². The second kappa shape index (κ2) is 11.2. The first kappa shape index (κ1) is 26.9. The summed E-state index contributed by atoms with van der Waals surface area (Å²) in [7, 11) is -5.68. The summed E-state index contributed by atoms with van der Waals surface area (Å²) in [5, 5.41) is 2.41. The molecular formula is C15H27F3N5O8P. The second-order valence-corrected chi connectivity index (χ2v) is 8.57. The van der Waals surface area contributed by atoms with Gasteiger partial charge in [-0.15, -0.1) is 0 Å². The lowest BCUT2D eigenvalue weighted by Gasteiger charge is -2.49. The van der Waals surface area contributed by atoms with E-state index in [1.54, 1.807) is 0 Å². The lowest BCUT2D eigenvalue weighted by atomic mass is 10.4. The van der Waals surface area contributed by atoms with Gasteiger partial charge in [0.2, 0.25) is 0 Å². The van der Waals surface area contributed by atoms with Crippen LogP contribution in [0.25, 0.3) is 0 Å². The smallest absolute Gasteiger partial charge is 0.465 e. The van der Waals surface area contributed by atoms with Gasteiger partial charge >= 0.3 is 25.6 Å². The summed E-state index contributed by atoms with van der Waals surface area (Å²) in [6.45, 7) is 0.428. The lowest BCUT2D eigenvalue weighted by molar-refractivity contribution is -0.199. The predicted molar refractivity (Wildman–Crippen MR) is 100 cm³/mol. The van der Waals surface area contributed by atoms with Crippen molar-refractivity contribution in [1.82, 2.24) is 25.8 Å². The number of carbonyl (C=O) groups excluding carboxylic acids is 2. The highest BCUT2D eigenvalue weighted by Gasteiger charge is 2.61. The lowest BCUT2D eigenvalue weighted by Crippen LogP contribution is -2.77. The molecule has 0 atom stereocenters. The number of carbonyl (C=O) groups is 2. The van der Waals surface area contributed by atoms with Crippen molar-refractivity contribution in [2.24, 2.45) is 0 Å². The van der Waals surface area contributed by atoms with Crippen molar-refractivity contribution in [3.8, 4) is 0 Å². The minimum absolute atomic E-state index is 0.0417. The molecule has 0 aromatic heterocycles. The molecule has 13 nitrogen and oxygen atoms in total. The normalized spacial score (nSPS) is 19.6. The van der Waals surface area contributed by atoms with Crippen molar-refractivity contribution in [3.05, 3.63) is 0 Å². The van der Waals surface area contributed by atoms with E-state index in [1.807, 2.05) is 0 Å². The number of hydrazine groups is 2. The molecule has 186 valence electrons. The Bertz CT molecular complexity index is 677. The molecule has 2 saturated heterocycles. The van der Waals surface area contributed by atoms with E-state index >= 15 is 0 Å². The number of morpholine rings is 2. The summed E-state index contributed by atoms with van der Waals surface area (Å²) in [5.41, 5.74) is 1.55. The first-order valence-corrected chi connectivity index (χ1v) is 11.3. The van der Waals surface area contributed by atoms with Crippen LogP contribution >= 0.6 is 7.60 Å². The SMILES string of the molecule is CCOC(=O)CN(C(=O)C(F)(F)F)C(NN1CCOCC1)(NN1CCOCC1)P(=O)(O)O. The third-order valence-corrected chi connectivity index (χ3v) is 5.83. The molecule has 0 saturated carbocycles. The minimum atomic E-state index is -5.68. The highest BCUT2D eigenvalue weighted by atomic mass is 31.2. The van der Waals surface area contributed by atoms with Crippen molar-refractivity contribution in [2.45, 2.75) is 18.6 Å². The molecule has 0 spiro atoms. The largest absolute Gasteiger partial charge is 0.471 e. The Morgan fingerprint density at radius 2 is 1.47 bits per heavy atom. The van der Waals surface area contributed by atoms with Crippen molar-refractivity contribution in [3.63, 3.8) is 0 Å². The van der Waals surface area contributed by atoms with Crippen LogP contribution < -0.4 is 10.9 Å². The number of nitrogens with one attached hydrogen (secondary N) is 2. The van der Waals surface area contributed by atoms with Crippen LogP contribution in [0.2, 0.25) is 0 Å². The van der Waals surface area contributed by atoms with Crippen molar-refractivity contribution >= 4 is 19.5 Å². The summed E-state index contributed by atoms with van der Waals surface area (Å²) in [5.74, 6) is -3.93. The van der Waals surface area contributed by atoms with E-state index in [2.05, 4.69) is 15.6 Å². The molecular weight excluding hydrogens is 466 g/mol. The van der Waals surface area contributed by atoms with Gasteiger partial charge in [0.15, 0.2) is 0 Å². The van der Waals surface area contributed by atoms with E-state index < -0.39 is 37.7 Å². The third-order valence-electron chi connectivity index (χ3n) is 4.54. The maximum Gasteiger partial charge on any atom is 0.471 e. The zero-order valence-corrected chi connectivity index (χ0v) is 18.2.